The molecule has 2 aliphatic heterocycles. The molecule has 1 fully saturated rings. The minimum Gasteiger partial charge on any atom is -0.389 e. The third kappa shape index (κ3) is 2.28. The SMILES string of the molecule is CNC1=CS(=O)(=O)N(c2cccc(F)c2)[C@@]12CCN[C@@H](C)C2. The van der Waals surface area contributed by atoms with Crippen LogP contribution in [0.1, 0.15) is 19.8 Å². The maximum atomic E-state index is 13.6. The molecule has 2 atom stereocenters. The lowest BCUT2D eigenvalue weighted by molar-refractivity contribution is 0.301. The molecule has 7 heteroatoms. The van der Waals surface area contributed by atoms with Crippen molar-refractivity contribution in [2.75, 3.05) is 17.9 Å². The summed E-state index contributed by atoms with van der Waals surface area (Å²) in [4.78, 5) is 0. The smallest absolute Gasteiger partial charge is 0.260 e. The summed E-state index contributed by atoms with van der Waals surface area (Å²) in [5, 5.41) is 7.65. The van der Waals surface area contributed by atoms with E-state index in [9.17, 15) is 12.8 Å². The van der Waals surface area contributed by atoms with Gasteiger partial charge in [-0.15, -0.1) is 0 Å². The van der Waals surface area contributed by atoms with E-state index in [4.69, 9.17) is 0 Å². The highest BCUT2D eigenvalue weighted by Gasteiger charge is 2.52. The molecule has 5 nitrogen and oxygen atoms in total. The van der Waals surface area contributed by atoms with E-state index in [1.54, 1.807) is 13.1 Å². The molecule has 0 radical (unpaired) electrons. The monoisotopic (exact) mass is 325 g/mol. The lowest BCUT2D eigenvalue weighted by Crippen LogP contribution is -2.58. The molecule has 0 unspecified atom stereocenters. The van der Waals surface area contributed by atoms with Gasteiger partial charge in [-0.2, -0.15) is 0 Å². The predicted octanol–water partition coefficient (Wildman–Crippen LogP) is 1.55. The highest BCUT2D eigenvalue weighted by atomic mass is 32.2. The van der Waals surface area contributed by atoms with Gasteiger partial charge in [-0.3, -0.25) is 4.31 Å². The number of benzene rings is 1. The van der Waals surface area contributed by atoms with Crippen LogP contribution in [0.15, 0.2) is 35.4 Å². The maximum Gasteiger partial charge on any atom is 0.260 e. The van der Waals surface area contributed by atoms with Crippen LogP contribution in [-0.4, -0.2) is 33.6 Å². The van der Waals surface area contributed by atoms with Crippen molar-refractivity contribution >= 4 is 15.7 Å². The highest BCUT2D eigenvalue weighted by Crippen LogP contribution is 2.44. The quantitative estimate of drug-likeness (QED) is 0.866. The Morgan fingerprint density at radius 3 is 2.86 bits per heavy atom. The van der Waals surface area contributed by atoms with Crippen LogP contribution in [0.4, 0.5) is 10.1 Å². The van der Waals surface area contributed by atoms with Gasteiger partial charge in [0, 0.05) is 13.1 Å². The predicted molar refractivity (Wildman–Crippen MR) is 84.4 cm³/mol. The summed E-state index contributed by atoms with van der Waals surface area (Å²) in [7, 11) is -1.91. The molecule has 0 aromatic heterocycles. The van der Waals surface area contributed by atoms with E-state index in [0.29, 0.717) is 30.8 Å². The maximum absolute atomic E-state index is 13.6. The van der Waals surface area contributed by atoms with Gasteiger partial charge >= 0.3 is 0 Å². The average Bonchev–Trinajstić information content (AvgIpc) is 2.65. The van der Waals surface area contributed by atoms with E-state index in [2.05, 4.69) is 10.6 Å². The summed E-state index contributed by atoms with van der Waals surface area (Å²) in [6.45, 7) is 2.74. The molecular formula is C15H20FN3O2S. The zero-order valence-electron chi connectivity index (χ0n) is 12.6. The Labute approximate surface area is 130 Å². The van der Waals surface area contributed by atoms with Gasteiger partial charge < -0.3 is 10.6 Å². The Hall–Kier alpha value is -1.60. The minimum atomic E-state index is -3.64. The molecule has 3 rings (SSSR count). The largest absolute Gasteiger partial charge is 0.389 e. The number of nitrogens with zero attached hydrogens (tertiary/aromatic N) is 1. The number of hydrogen-bond acceptors (Lipinski definition) is 4. The van der Waals surface area contributed by atoms with Crippen LogP contribution < -0.4 is 14.9 Å². The Morgan fingerprint density at radius 2 is 2.23 bits per heavy atom. The van der Waals surface area contributed by atoms with Crippen molar-refractivity contribution < 1.29 is 12.8 Å². The standard InChI is InChI=1S/C15H20FN3O2S/c1-11-9-15(6-7-18-11)14(17-2)10-22(20,21)19(15)13-5-3-4-12(16)8-13/h3-5,8,10-11,17-18H,6-7,9H2,1-2H3/t11-,15+/m0/s1. The average molecular weight is 325 g/mol. The Balaban J connectivity index is 2.16. The van der Waals surface area contributed by atoms with E-state index in [-0.39, 0.29) is 6.04 Å². The summed E-state index contributed by atoms with van der Waals surface area (Å²) in [5.41, 5.74) is 0.368. The van der Waals surface area contributed by atoms with Gasteiger partial charge in [0.15, 0.2) is 0 Å². The van der Waals surface area contributed by atoms with Crippen molar-refractivity contribution in [2.45, 2.75) is 31.3 Å². The molecule has 0 amide bonds. The zero-order valence-corrected chi connectivity index (χ0v) is 13.5. The van der Waals surface area contributed by atoms with Gasteiger partial charge in [-0.25, -0.2) is 12.8 Å². The van der Waals surface area contributed by atoms with Gasteiger partial charge in [0.2, 0.25) is 0 Å². The van der Waals surface area contributed by atoms with E-state index in [1.807, 2.05) is 6.92 Å². The number of piperidine rings is 1. The number of halogens is 1. The van der Waals surface area contributed by atoms with Crippen molar-refractivity contribution in [1.29, 1.82) is 0 Å². The number of anilines is 1. The van der Waals surface area contributed by atoms with Crippen molar-refractivity contribution in [3.05, 3.63) is 41.2 Å². The van der Waals surface area contributed by atoms with Gasteiger partial charge in [-0.05, 0) is 44.5 Å². The third-order valence-corrected chi connectivity index (χ3v) is 6.00. The zero-order chi connectivity index (χ0) is 16.0. The van der Waals surface area contributed by atoms with Crippen LogP contribution in [0.25, 0.3) is 0 Å². The summed E-state index contributed by atoms with van der Waals surface area (Å²) in [5.74, 6) is -0.442. The van der Waals surface area contributed by atoms with Crippen LogP contribution in [0, 0.1) is 5.82 Å². The first-order valence-corrected chi connectivity index (χ1v) is 8.84. The summed E-state index contributed by atoms with van der Waals surface area (Å²) < 4.78 is 40.4. The number of sulfonamides is 1. The topological polar surface area (TPSA) is 61.4 Å². The van der Waals surface area contributed by atoms with Gasteiger partial charge in [0.05, 0.1) is 22.3 Å². The molecule has 0 aliphatic carbocycles. The van der Waals surface area contributed by atoms with Crippen LogP contribution in [0.3, 0.4) is 0 Å². The number of hydrogen-bond donors (Lipinski definition) is 2. The fourth-order valence-corrected chi connectivity index (χ4v) is 5.49. The highest BCUT2D eigenvalue weighted by molar-refractivity contribution is 7.96. The normalized spacial score (nSPS) is 30.4. The van der Waals surface area contributed by atoms with Crippen LogP contribution in [0.2, 0.25) is 0 Å². The second kappa shape index (κ2) is 5.24. The molecule has 2 N–H and O–H groups in total. The van der Waals surface area contributed by atoms with Crippen molar-refractivity contribution in [3.8, 4) is 0 Å². The second-order valence-corrected chi connectivity index (χ2v) is 7.54. The van der Waals surface area contributed by atoms with Gasteiger partial charge in [0.25, 0.3) is 10.0 Å². The third-order valence-electron chi connectivity index (χ3n) is 4.40. The number of rotatable bonds is 2. The first-order valence-electron chi connectivity index (χ1n) is 7.33. The van der Waals surface area contributed by atoms with Crippen molar-refractivity contribution in [2.24, 2.45) is 0 Å². The molecule has 0 saturated carbocycles. The van der Waals surface area contributed by atoms with Crippen LogP contribution in [0.5, 0.6) is 0 Å². The number of nitrogens with one attached hydrogen (secondary N) is 2. The Bertz CT molecular complexity index is 719. The molecule has 2 aliphatic rings. The molecule has 1 aromatic rings. The molecule has 120 valence electrons. The van der Waals surface area contributed by atoms with E-state index in [0.717, 1.165) is 0 Å². The van der Waals surface area contributed by atoms with Crippen LogP contribution >= 0.6 is 0 Å². The second-order valence-electron chi connectivity index (χ2n) is 5.91. The molecule has 2 heterocycles. The van der Waals surface area contributed by atoms with Gasteiger partial charge in [0.1, 0.15) is 5.82 Å². The molecule has 0 bridgehead atoms. The Morgan fingerprint density at radius 1 is 1.45 bits per heavy atom. The molecule has 1 saturated heterocycles. The molecule has 1 aromatic carbocycles. The fraction of sp³-hybridized carbons (Fsp3) is 0.467. The molecular weight excluding hydrogens is 305 g/mol. The molecule has 1 spiro atoms. The van der Waals surface area contributed by atoms with E-state index >= 15 is 0 Å². The van der Waals surface area contributed by atoms with Crippen molar-refractivity contribution in [3.63, 3.8) is 0 Å². The lowest BCUT2D eigenvalue weighted by Gasteiger charge is -2.45. The summed E-state index contributed by atoms with van der Waals surface area (Å²) in [6, 6.07) is 5.95. The van der Waals surface area contributed by atoms with Crippen LogP contribution in [-0.2, 0) is 10.0 Å². The lowest BCUT2D eigenvalue weighted by atomic mass is 9.82. The van der Waals surface area contributed by atoms with Gasteiger partial charge in [-0.1, -0.05) is 6.07 Å². The minimum absolute atomic E-state index is 0.176. The van der Waals surface area contributed by atoms with E-state index in [1.165, 1.54) is 27.9 Å². The number of likely N-dealkylation sites (N-methyl/N-ethyl adjacent to an activating group) is 1. The Kier molecular flexibility index (Phi) is 3.65. The summed E-state index contributed by atoms with van der Waals surface area (Å²) in [6.07, 6.45) is 1.27. The first kappa shape index (κ1) is 15.3. The first-order chi connectivity index (χ1) is 10.4. The van der Waals surface area contributed by atoms with Crippen molar-refractivity contribution in [1.82, 2.24) is 10.6 Å². The molecule has 22 heavy (non-hydrogen) atoms. The fourth-order valence-electron chi connectivity index (χ4n) is 3.59. The van der Waals surface area contributed by atoms with E-state index < -0.39 is 21.4 Å². The summed E-state index contributed by atoms with van der Waals surface area (Å²) >= 11 is 0.